The van der Waals surface area contributed by atoms with Crippen LogP contribution in [-0.4, -0.2) is 77.7 Å². The molecule has 0 bridgehead atoms. The van der Waals surface area contributed by atoms with Crippen molar-refractivity contribution in [2.24, 2.45) is 0 Å². The second-order valence-electron chi connectivity index (χ2n) is 8.33. The summed E-state index contributed by atoms with van der Waals surface area (Å²) in [6.45, 7) is 9.39. The maximum absolute atomic E-state index is 6.09. The topological polar surface area (TPSA) is 77.8 Å². The average Bonchev–Trinajstić information content (AvgIpc) is 3.10. The number of hydrogen-bond acceptors (Lipinski definition) is 8. The first-order chi connectivity index (χ1) is 14.6. The number of nitrogens with zero attached hydrogens (tertiary/aromatic N) is 6. The van der Waals surface area contributed by atoms with E-state index in [1.54, 1.807) is 0 Å². The van der Waals surface area contributed by atoms with Crippen molar-refractivity contribution in [2.45, 2.75) is 51.4 Å². The molecule has 3 saturated heterocycles. The fourth-order valence-electron chi connectivity index (χ4n) is 4.50. The van der Waals surface area contributed by atoms with E-state index in [1.807, 2.05) is 0 Å². The first-order valence-corrected chi connectivity index (χ1v) is 11.7. The number of anilines is 2. The molecule has 3 aliphatic rings. The highest BCUT2D eigenvalue weighted by molar-refractivity contribution is 9.10. The van der Waals surface area contributed by atoms with Gasteiger partial charge >= 0.3 is 0 Å². The predicted octanol–water partition coefficient (Wildman–Crippen LogP) is 2.74. The Kier molecular flexibility index (Phi) is 5.83. The summed E-state index contributed by atoms with van der Waals surface area (Å²) in [6.07, 6.45) is 3.14. The van der Waals surface area contributed by atoms with Gasteiger partial charge in [0, 0.05) is 19.7 Å². The molecule has 2 aromatic heterocycles. The molecule has 3 fully saturated rings. The molecule has 9 nitrogen and oxygen atoms in total. The van der Waals surface area contributed by atoms with Gasteiger partial charge in [-0.1, -0.05) is 0 Å². The first kappa shape index (κ1) is 20.4. The van der Waals surface area contributed by atoms with Crippen LogP contribution in [0.5, 0.6) is 0 Å². The number of rotatable bonds is 3. The molecule has 0 saturated carbocycles. The smallest absolute Gasteiger partial charge is 0.229 e. The summed E-state index contributed by atoms with van der Waals surface area (Å²) in [7, 11) is 0. The highest BCUT2D eigenvalue weighted by Crippen LogP contribution is 2.35. The van der Waals surface area contributed by atoms with Crippen LogP contribution in [0, 0.1) is 0 Å². The lowest BCUT2D eigenvalue weighted by Gasteiger charge is -2.36. The summed E-state index contributed by atoms with van der Waals surface area (Å²) in [5, 5.41) is 0. The van der Waals surface area contributed by atoms with Gasteiger partial charge in [-0.2, -0.15) is 9.97 Å². The second-order valence-corrected chi connectivity index (χ2v) is 9.04. The number of imidazole rings is 1. The molecule has 0 N–H and O–H groups in total. The Bertz CT molecular complexity index is 902. The third-order valence-corrected chi connectivity index (χ3v) is 6.73. The second kappa shape index (κ2) is 8.57. The number of morpholine rings is 2. The number of aromatic nitrogens is 4. The highest BCUT2D eigenvalue weighted by atomic mass is 79.9. The minimum absolute atomic E-state index is 0.0575. The van der Waals surface area contributed by atoms with E-state index in [0.29, 0.717) is 26.4 Å². The van der Waals surface area contributed by atoms with Crippen LogP contribution in [0.3, 0.4) is 0 Å². The molecule has 0 amide bonds. The zero-order chi connectivity index (χ0) is 20.7. The van der Waals surface area contributed by atoms with Crippen LogP contribution in [0.15, 0.2) is 4.73 Å². The van der Waals surface area contributed by atoms with E-state index in [9.17, 15) is 0 Å². The largest absolute Gasteiger partial charge is 0.377 e. The van der Waals surface area contributed by atoms with Crippen molar-refractivity contribution in [1.82, 2.24) is 19.5 Å². The van der Waals surface area contributed by atoms with E-state index in [0.717, 1.165) is 66.6 Å². The van der Waals surface area contributed by atoms with Crippen LogP contribution >= 0.6 is 15.9 Å². The molecule has 2 aromatic rings. The summed E-state index contributed by atoms with van der Waals surface area (Å²) in [5.74, 6) is 1.61. The molecule has 1 unspecified atom stereocenters. The van der Waals surface area contributed by atoms with Gasteiger partial charge in [-0.05, 0) is 49.0 Å². The fourth-order valence-corrected chi connectivity index (χ4v) is 5.07. The SMILES string of the molecule is C[C@@H]1COCCN1c1nc(N2CCOC[C@H]2C)c2nc(Br)n(C3CCCCO3)c2n1. The van der Waals surface area contributed by atoms with Gasteiger partial charge in [-0.15, -0.1) is 0 Å². The van der Waals surface area contributed by atoms with Gasteiger partial charge in [0.2, 0.25) is 5.95 Å². The Labute approximate surface area is 184 Å². The maximum Gasteiger partial charge on any atom is 0.229 e. The number of halogens is 1. The van der Waals surface area contributed by atoms with E-state index in [4.69, 9.17) is 29.2 Å². The van der Waals surface area contributed by atoms with Gasteiger partial charge in [0.25, 0.3) is 0 Å². The molecule has 3 atom stereocenters. The van der Waals surface area contributed by atoms with Crippen LogP contribution in [0.25, 0.3) is 11.2 Å². The summed E-state index contributed by atoms with van der Waals surface area (Å²) in [4.78, 5) is 19.5. The third-order valence-electron chi connectivity index (χ3n) is 6.17. The van der Waals surface area contributed by atoms with Crippen LogP contribution < -0.4 is 9.80 Å². The van der Waals surface area contributed by atoms with Crippen molar-refractivity contribution in [3.8, 4) is 0 Å². The van der Waals surface area contributed by atoms with Crippen molar-refractivity contribution in [3.63, 3.8) is 0 Å². The standard InChI is InChI=1S/C20H29BrN6O3/c1-13-11-28-9-6-25(13)17-16-18(24-20(23-17)26-7-10-29-12-14(26)2)27(19(21)22-16)15-5-3-4-8-30-15/h13-15H,3-12H2,1-2H3/t13-,14-,15?/m1/s1. The molecule has 0 aliphatic carbocycles. The van der Waals surface area contributed by atoms with E-state index < -0.39 is 0 Å². The lowest BCUT2D eigenvalue weighted by molar-refractivity contribution is -0.0311. The zero-order valence-corrected chi connectivity index (χ0v) is 19.2. The van der Waals surface area contributed by atoms with Crippen LogP contribution in [0.4, 0.5) is 11.8 Å². The van der Waals surface area contributed by atoms with Crippen molar-refractivity contribution in [2.75, 3.05) is 55.9 Å². The quantitative estimate of drug-likeness (QED) is 0.620. The lowest BCUT2D eigenvalue weighted by atomic mass is 10.2. The molecule has 5 rings (SSSR count). The molecular formula is C20H29BrN6O3. The summed E-state index contributed by atoms with van der Waals surface area (Å²) < 4.78 is 20.2. The minimum Gasteiger partial charge on any atom is -0.377 e. The summed E-state index contributed by atoms with van der Waals surface area (Å²) >= 11 is 3.68. The third kappa shape index (κ3) is 3.68. The van der Waals surface area contributed by atoms with E-state index in [1.165, 1.54) is 0 Å². The molecule has 0 radical (unpaired) electrons. The molecule has 5 heterocycles. The van der Waals surface area contributed by atoms with Crippen LogP contribution in [0.2, 0.25) is 0 Å². The van der Waals surface area contributed by atoms with E-state index in [2.05, 4.69) is 44.1 Å². The van der Waals surface area contributed by atoms with Gasteiger partial charge in [0.1, 0.15) is 6.23 Å². The fraction of sp³-hybridized carbons (Fsp3) is 0.750. The Balaban J connectivity index is 1.66. The highest BCUT2D eigenvalue weighted by Gasteiger charge is 2.31. The van der Waals surface area contributed by atoms with Gasteiger partial charge in [0.15, 0.2) is 21.7 Å². The van der Waals surface area contributed by atoms with E-state index >= 15 is 0 Å². The Morgan fingerprint density at radius 2 is 1.63 bits per heavy atom. The van der Waals surface area contributed by atoms with Crippen molar-refractivity contribution < 1.29 is 14.2 Å². The molecule has 10 heteroatoms. The van der Waals surface area contributed by atoms with Gasteiger partial charge in [-0.3, -0.25) is 4.57 Å². The molecular weight excluding hydrogens is 452 g/mol. The predicted molar refractivity (Wildman–Crippen MR) is 117 cm³/mol. The summed E-state index contributed by atoms with van der Waals surface area (Å²) in [5.41, 5.74) is 1.64. The maximum atomic E-state index is 6.09. The van der Waals surface area contributed by atoms with Crippen LogP contribution in [-0.2, 0) is 14.2 Å². The number of fused-ring (bicyclic) bond motifs is 1. The van der Waals surface area contributed by atoms with Gasteiger partial charge in [-0.25, -0.2) is 4.98 Å². The Morgan fingerprint density at radius 3 is 2.30 bits per heavy atom. The summed E-state index contributed by atoms with van der Waals surface area (Å²) in [6, 6.07) is 0.443. The van der Waals surface area contributed by atoms with Crippen molar-refractivity contribution in [1.29, 1.82) is 0 Å². The molecule has 164 valence electrons. The number of hydrogen-bond donors (Lipinski definition) is 0. The lowest BCUT2D eigenvalue weighted by Crippen LogP contribution is -2.46. The molecule has 30 heavy (non-hydrogen) atoms. The number of ether oxygens (including phenoxy) is 3. The Morgan fingerprint density at radius 1 is 0.900 bits per heavy atom. The minimum atomic E-state index is -0.0575. The Hall–Kier alpha value is -1.49. The van der Waals surface area contributed by atoms with Crippen molar-refractivity contribution >= 4 is 38.9 Å². The van der Waals surface area contributed by atoms with Crippen molar-refractivity contribution in [3.05, 3.63) is 4.73 Å². The van der Waals surface area contributed by atoms with Crippen LogP contribution in [0.1, 0.15) is 39.3 Å². The van der Waals surface area contributed by atoms with Gasteiger partial charge < -0.3 is 24.0 Å². The average molecular weight is 481 g/mol. The molecule has 0 spiro atoms. The van der Waals surface area contributed by atoms with E-state index in [-0.39, 0.29) is 18.3 Å². The molecule has 0 aromatic carbocycles. The first-order valence-electron chi connectivity index (χ1n) is 10.9. The zero-order valence-electron chi connectivity index (χ0n) is 17.6. The molecule has 3 aliphatic heterocycles. The normalized spacial score (nSPS) is 28.3. The monoisotopic (exact) mass is 480 g/mol. The van der Waals surface area contributed by atoms with Gasteiger partial charge in [0.05, 0.1) is 38.5 Å².